The summed E-state index contributed by atoms with van der Waals surface area (Å²) in [5, 5.41) is 2.81. The number of carbonyl (C=O) groups is 1. The molecule has 6 heteroatoms. The van der Waals surface area contributed by atoms with Crippen molar-refractivity contribution in [3.8, 4) is 0 Å². The summed E-state index contributed by atoms with van der Waals surface area (Å²) in [6, 6.07) is 13.0. The molecule has 0 spiro atoms. The number of amides is 1. The number of hydrogen-bond donors (Lipinski definition) is 1. The summed E-state index contributed by atoms with van der Waals surface area (Å²) in [5.74, 6) is -0.0274. The normalized spacial score (nSPS) is 11.5. The zero-order chi connectivity index (χ0) is 19.5. The van der Waals surface area contributed by atoms with Crippen LogP contribution in [0.1, 0.15) is 36.5 Å². The van der Waals surface area contributed by atoms with E-state index in [9.17, 15) is 13.2 Å². The first kappa shape index (κ1) is 20.0. The summed E-state index contributed by atoms with van der Waals surface area (Å²) in [6.45, 7) is 7.71. The van der Waals surface area contributed by atoms with Gasteiger partial charge in [0.25, 0.3) is 0 Å². The van der Waals surface area contributed by atoms with E-state index in [0.717, 1.165) is 27.3 Å². The Labute approximate surface area is 156 Å². The van der Waals surface area contributed by atoms with Crippen LogP contribution in [0.5, 0.6) is 0 Å². The third-order valence-electron chi connectivity index (χ3n) is 4.20. The van der Waals surface area contributed by atoms with Gasteiger partial charge in [-0.15, -0.1) is 0 Å². The minimum Gasteiger partial charge on any atom is -0.324 e. The van der Waals surface area contributed by atoms with Gasteiger partial charge in [-0.2, -0.15) is 0 Å². The Bertz CT molecular complexity index is 888. The molecule has 1 amide bonds. The van der Waals surface area contributed by atoms with Crippen LogP contribution in [-0.2, 0) is 14.8 Å². The molecule has 5 nitrogen and oxygen atoms in total. The second-order valence-electron chi connectivity index (χ2n) is 6.88. The number of anilines is 2. The Kier molecular flexibility index (Phi) is 6.08. The molecular weight excluding hydrogens is 348 g/mol. The number of nitrogens with zero attached hydrogens (tertiary/aromatic N) is 1. The van der Waals surface area contributed by atoms with E-state index in [1.165, 1.54) is 0 Å². The third kappa shape index (κ3) is 5.08. The lowest BCUT2D eigenvalue weighted by atomic mass is 10.0. The molecule has 0 heterocycles. The van der Waals surface area contributed by atoms with Crippen LogP contribution in [-0.4, -0.2) is 27.1 Å². The van der Waals surface area contributed by atoms with Gasteiger partial charge in [0.15, 0.2) is 0 Å². The Morgan fingerprint density at radius 3 is 2.23 bits per heavy atom. The van der Waals surface area contributed by atoms with Crippen LogP contribution in [0.15, 0.2) is 42.5 Å². The standard InChI is InChI=1S/C20H26N2O3S/c1-14(2)17-8-10-18(11-9-17)22(26(5,24)25)13-20(23)21-19-12-15(3)6-7-16(19)4/h6-12,14H,13H2,1-5H3,(H,21,23). The number of hydrogen-bond acceptors (Lipinski definition) is 3. The lowest BCUT2D eigenvalue weighted by Crippen LogP contribution is -2.37. The van der Waals surface area contributed by atoms with Crippen LogP contribution in [0.4, 0.5) is 11.4 Å². The Balaban J connectivity index is 2.23. The highest BCUT2D eigenvalue weighted by Crippen LogP contribution is 2.22. The van der Waals surface area contributed by atoms with Gasteiger partial charge in [-0.3, -0.25) is 9.10 Å². The molecule has 0 unspecified atom stereocenters. The van der Waals surface area contributed by atoms with Gasteiger partial charge in [0.05, 0.1) is 11.9 Å². The molecule has 26 heavy (non-hydrogen) atoms. The largest absolute Gasteiger partial charge is 0.324 e. The average molecular weight is 375 g/mol. The van der Waals surface area contributed by atoms with Crippen LogP contribution < -0.4 is 9.62 Å². The molecule has 0 saturated heterocycles. The summed E-state index contributed by atoms with van der Waals surface area (Å²) < 4.78 is 25.5. The van der Waals surface area contributed by atoms with Crippen LogP contribution >= 0.6 is 0 Å². The highest BCUT2D eigenvalue weighted by Gasteiger charge is 2.21. The molecule has 1 N–H and O–H groups in total. The minimum atomic E-state index is -3.58. The molecule has 2 rings (SSSR count). The topological polar surface area (TPSA) is 66.5 Å². The summed E-state index contributed by atoms with van der Waals surface area (Å²) in [7, 11) is -3.58. The molecule has 140 valence electrons. The highest BCUT2D eigenvalue weighted by molar-refractivity contribution is 7.92. The van der Waals surface area contributed by atoms with Crippen molar-refractivity contribution in [3.05, 3.63) is 59.2 Å². The summed E-state index contributed by atoms with van der Waals surface area (Å²) in [5.41, 5.74) is 4.24. The van der Waals surface area contributed by atoms with E-state index in [1.54, 1.807) is 12.1 Å². The fourth-order valence-electron chi connectivity index (χ4n) is 2.62. The van der Waals surface area contributed by atoms with E-state index in [0.29, 0.717) is 17.3 Å². The van der Waals surface area contributed by atoms with Crippen molar-refractivity contribution in [1.29, 1.82) is 0 Å². The van der Waals surface area contributed by atoms with Crippen molar-refractivity contribution in [2.75, 3.05) is 22.4 Å². The van der Waals surface area contributed by atoms with Crippen molar-refractivity contribution in [1.82, 2.24) is 0 Å². The predicted octanol–water partition coefficient (Wildman–Crippen LogP) is 3.83. The van der Waals surface area contributed by atoms with E-state index < -0.39 is 10.0 Å². The van der Waals surface area contributed by atoms with Crippen LogP contribution in [0.25, 0.3) is 0 Å². The lowest BCUT2D eigenvalue weighted by Gasteiger charge is -2.22. The number of aryl methyl sites for hydroxylation is 2. The molecule has 0 radical (unpaired) electrons. The van der Waals surface area contributed by atoms with Gasteiger partial charge in [0, 0.05) is 5.69 Å². The van der Waals surface area contributed by atoms with Crippen molar-refractivity contribution >= 4 is 27.3 Å². The molecule has 0 atom stereocenters. The smallest absolute Gasteiger partial charge is 0.245 e. The summed E-state index contributed by atoms with van der Waals surface area (Å²) in [6.07, 6.45) is 1.11. The van der Waals surface area contributed by atoms with Gasteiger partial charge in [-0.25, -0.2) is 8.42 Å². The molecule has 2 aromatic carbocycles. The average Bonchev–Trinajstić information content (AvgIpc) is 2.55. The van der Waals surface area contributed by atoms with Crippen LogP contribution in [0, 0.1) is 13.8 Å². The number of rotatable bonds is 6. The molecule has 0 bridgehead atoms. The van der Waals surface area contributed by atoms with Gasteiger partial charge in [-0.1, -0.05) is 38.1 Å². The van der Waals surface area contributed by atoms with Gasteiger partial charge in [-0.05, 0) is 54.7 Å². The fourth-order valence-corrected chi connectivity index (χ4v) is 3.47. The summed E-state index contributed by atoms with van der Waals surface area (Å²) in [4.78, 5) is 12.5. The van der Waals surface area contributed by atoms with Crippen molar-refractivity contribution in [2.45, 2.75) is 33.6 Å². The molecule has 0 aliphatic rings. The Morgan fingerprint density at radius 2 is 1.69 bits per heavy atom. The number of carbonyl (C=O) groups excluding carboxylic acids is 1. The molecule has 0 aliphatic heterocycles. The third-order valence-corrected chi connectivity index (χ3v) is 5.34. The first-order valence-corrected chi connectivity index (χ1v) is 10.4. The number of sulfonamides is 1. The van der Waals surface area contributed by atoms with Crippen LogP contribution in [0.3, 0.4) is 0 Å². The molecular formula is C20H26N2O3S. The number of benzene rings is 2. The lowest BCUT2D eigenvalue weighted by molar-refractivity contribution is -0.114. The van der Waals surface area contributed by atoms with Crippen molar-refractivity contribution < 1.29 is 13.2 Å². The Morgan fingerprint density at radius 1 is 1.08 bits per heavy atom. The van der Waals surface area contributed by atoms with Gasteiger partial charge >= 0.3 is 0 Å². The van der Waals surface area contributed by atoms with Crippen molar-refractivity contribution in [3.63, 3.8) is 0 Å². The zero-order valence-electron chi connectivity index (χ0n) is 15.9. The maximum absolute atomic E-state index is 12.5. The Hall–Kier alpha value is -2.34. The first-order valence-electron chi connectivity index (χ1n) is 8.52. The predicted molar refractivity (Wildman–Crippen MR) is 107 cm³/mol. The fraction of sp³-hybridized carbons (Fsp3) is 0.350. The molecule has 2 aromatic rings. The molecule has 0 saturated carbocycles. The zero-order valence-corrected chi connectivity index (χ0v) is 16.7. The quantitative estimate of drug-likeness (QED) is 0.835. The first-order chi connectivity index (χ1) is 12.1. The molecule has 0 aromatic heterocycles. The SMILES string of the molecule is Cc1ccc(C)c(NC(=O)CN(c2ccc(C(C)C)cc2)S(C)(=O)=O)c1. The second kappa shape index (κ2) is 7.91. The van der Waals surface area contributed by atoms with E-state index in [1.807, 2.05) is 44.2 Å². The number of nitrogens with one attached hydrogen (secondary N) is 1. The van der Waals surface area contributed by atoms with Gasteiger partial charge in [0.2, 0.25) is 15.9 Å². The summed E-state index contributed by atoms with van der Waals surface area (Å²) >= 11 is 0. The maximum atomic E-state index is 12.5. The highest BCUT2D eigenvalue weighted by atomic mass is 32.2. The van der Waals surface area contributed by atoms with E-state index in [2.05, 4.69) is 19.2 Å². The minimum absolute atomic E-state index is 0.271. The van der Waals surface area contributed by atoms with Crippen LogP contribution in [0.2, 0.25) is 0 Å². The maximum Gasteiger partial charge on any atom is 0.245 e. The molecule has 0 fully saturated rings. The van der Waals surface area contributed by atoms with E-state index >= 15 is 0 Å². The van der Waals surface area contributed by atoms with E-state index in [4.69, 9.17) is 0 Å². The monoisotopic (exact) mass is 374 g/mol. The van der Waals surface area contributed by atoms with E-state index in [-0.39, 0.29) is 12.5 Å². The molecule has 0 aliphatic carbocycles. The van der Waals surface area contributed by atoms with Gasteiger partial charge in [0.1, 0.15) is 6.54 Å². The second-order valence-corrected chi connectivity index (χ2v) is 8.79. The van der Waals surface area contributed by atoms with Gasteiger partial charge < -0.3 is 5.32 Å². The van der Waals surface area contributed by atoms with Crippen molar-refractivity contribution in [2.24, 2.45) is 0 Å².